The molecular formula is C18H29ClN2O3. The van der Waals surface area contributed by atoms with Crippen molar-refractivity contribution in [3.05, 3.63) is 0 Å². The maximum Gasteiger partial charge on any atom is 0.311 e. The van der Waals surface area contributed by atoms with Crippen molar-refractivity contribution in [1.29, 1.82) is 0 Å². The molecule has 3 atom stereocenters. The summed E-state index contributed by atoms with van der Waals surface area (Å²) in [5.74, 6) is 0.513. The molecule has 1 unspecified atom stereocenters. The van der Waals surface area contributed by atoms with E-state index in [9.17, 15) is 14.7 Å². The van der Waals surface area contributed by atoms with Crippen molar-refractivity contribution in [3.8, 4) is 0 Å². The van der Waals surface area contributed by atoms with Gasteiger partial charge >= 0.3 is 5.97 Å². The molecule has 0 spiro atoms. The van der Waals surface area contributed by atoms with Crippen LogP contribution in [0.25, 0.3) is 0 Å². The number of hydrogen-bond acceptors (Lipinski definition) is 3. The molecule has 3 aliphatic carbocycles. The monoisotopic (exact) mass is 356 g/mol. The van der Waals surface area contributed by atoms with Crippen molar-refractivity contribution < 1.29 is 14.7 Å². The lowest BCUT2D eigenvalue weighted by Gasteiger charge is -2.31. The Morgan fingerprint density at radius 2 is 1.96 bits per heavy atom. The second-order valence-electron chi connectivity index (χ2n) is 8.33. The third-order valence-electron chi connectivity index (χ3n) is 6.70. The molecule has 0 aromatic heterocycles. The van der Waals surface area contributed by atoms with Crippen LogP contribution in [0.4, 0.5) is 0 Å². The second-order valence-corrected chi connectivity index (χ2v) is 8.33. The van der Waals surface area contributed by atoms with Crippen molar-refractivity contribution >= 4 is 24.3 Å². The van der Waals surface area contributed by atoms with Gasteiger partial charge in [0.2, 0.25) is 5.91 Å². The van der Waals surface area contributed by atoms with Crippen molar-refractivity contribution in [2.45, 2.75) is 64.0 Å². The van der Waals surface area contributed by atoms with Crippen LogP contribution < -0.4 is 0 Å². The van der Waals surface area contributed by atoms with Gasteiger partial charge in [-0.2, -0.15) is 0 Å². The van der Waals surface area contributed by atoms with Gasteiger partial charge in [0.05, 0.1) is 12.0 Å². The number of fused-ring (bicyclic) bond motifs is 1. The first-order valence-electron chi connectivity index (χ1n) is 9.28. The predicted octanol–water partition coefficient (Wildman–Crippen LogP) is 2.38. The fourth-order valence-corrected chi connectivity index (χ4v) is 5.06. The summed E-state index contributed by atoms with van der Waals surface area (Å²) in [5, 5.41) is 9.68. The van der Waals surface area contributed by atoms with Crippen LogP contribution in [0.1, 0.15) is 51.9 Å². The minimum atomic E-state index is -0.652. The van der Waals surface area contributed by atoms with Crippen LogP contribution in [0.3, 0.4) is 0 Å². The van der Waals surface area contributed by atoms with Crippen LogP contribution in [-0.2, 0) is 9.59 Å². The molecule has 1 N–H and O–H groups in total. The summed E-state index contributed by atoms with van der Waals surface area (Å²) in [6.45, 7) is 3.97. The third kappa shape index (κ3) is 3.05. The lowest BCUT2D eigenvalue weighted by atomic mass is 9.81. The molecule has 1 amide bonds. The molecule has 24 heavy (non-hydrogen) atoms. The Balaban J connectivity index is 0.00000169. The molecule has 4 fully saturated rings. The van der Waals surface area contributed by atoms with E-state index >= 15 is 0 Å². The Morgan fingerprint density at radius 1 is 1.25 bits per heavy atom. The van der Waals surface area contributed by atoms with Crippen molar-refractivity contribution in [1.82, 2.24) is 9.80 Å². The van der Waals surface area contributed by atoms with Gasteiger partial charge in [-0.25, -0.2) is 0 Å². The minimum absolute atomic E-state index is 0. The molecule has 6 heteroatoms. The molecular weight excluding hydrogens is 328 g/mol. The maximum atomic E-state index is 12.9. The molecule has 0 bridgehead atoms. The number of amides is 1. The Bertz CT molecular complexity index is 520. The van der Waals surface area contributed by atoms with E-state index in [0.29, 0.717) is 31.1 Å². The fourth-order valence-electron chi connectivity index (χ4n) is 5.06. The summed E-state index contributed by atoms with van der Waals surface area (Å²) in [6.07, 6.45) is 7.60. The molecule has 1 aliphatic heterocycles. The molecule has 4 aliphatic rings. The predicted molar refractivity (Wildman–Crippen MR) is 93.2 cm³/mol. The Morgan fingerprint density at radius 3 is 2.50 bits per heavy atom. The molecule has 0 aromatic rings. The normalized spacial score (nSPS) is 33.6. The number of carbonyl (C=O) groups is 2. The van der Waals surface area contributed by atoms with Crippen LogP contribution in [-0.4, -0.2) is 58.5 Å². The molecule has 0 radical (unpaired) electrons. The van der Waals surface area contributed by atoms with E-state index in [-0.39, 0.29) is 24.2 Å². The summed E-state index contributed by atoms with van der Waals surface area (Å²) >= 11 is 0. The average molecular weight is 357 g/mol. The van der Waals surface area contributed by atoms with Gasteiger partial charge in [0.15, 0.2) is 0 Å². The van der Waals surface area contributed by atoms with Gasteiger partial charge in [-0.15, -0.1) is 12.4 Å². The van der Waals surface area contributed by atoms with Gasteiger partial charge in [0.25, 0.3) is 0 Å². The van der Waals surface area contributed by atoms with Gasteiger partial charge in [-0.1, -0.05) is 6.42 Å². The quantitative estimate of drug-likeness (QED) is 0.793. The van der Waals surface area contributed by atoms with Crippen molar-refractivity contribution in [2.24, 2.45) is 17.3 Å². The maximum absolute atomic E-state index is 12.9. The van der Waals surface area contributed by atoms with Crippen molar-refractivity contribution in [3.63, 3.8) is 0 Å². The SMILES string of the molecule is CC(C1CC1)N(C(=O)CN1C[C@@H]2CCC[C@@]2(C(=O)O)C1)C1CC1.Cl. The zero-order valence-electron chi connectivity index (χ0n) is 14.4. The highest BCUT2D eigenvalue weighted by molar-refractivity contribution is 5.85. The number of halogens is 1. The van der Waals surface area contributed by atoms with Crippen molar-refractivity contribution in [2.75, 3.05) is 19.6 Å². The first-order chi connectivity index (χ1) is 11.0. The first-order valence-corrected chi connectivity index (χ1v) is 9.28. The van der Waals surface area contributed by atoms with E-state index in [4.69, 9.17) is 0 Å². The van der Waals surface area contributed by atoms with E-state index in [2.05, 4.69) is 16.7 Å². The van der Waals surface area contributed by atoms with Crippen LogP contribution in [0.5, 0.6) is 0 Å². The number of rotatable bonds is 6. The zero-order valence-corrected chi connectivity index (χ0v) is 15.3. The summed E-state index contributed by atoms with van der Waals surface area (Å²) in [4.78, 5) is 28.9. The second kappa shape index (κ2) is 6.49. The number of aliphatic carboxylic acids is 1. The number of hydrogen-bond donors (Lipinski definition) is 1. The molecule has 3 saturated carbocycles. The summed E-state index contributed by atoms with van der Waals surface area (Å²) in [6, 6.07) is 0.819. The fraction of sp³-hybridized carbons (Fsp3) is 0.889. The first kappa shape index (κ1) is 18.0. The van der Waals surface area contributed by atoms with E-state index in [1.165, 1.54) is 12.8 Å². The van der Waals surface area contributed by atoms with Crippen LogP contribution in [0.15, 0.2) is 0 Å². The molecule has 1 saturated heterocycles. The van der Waals surface area contributed by atoms with E-state index in [1.807, 2.05) is 0 Å². The Hall–Kier alpha value is -0.810. The summed E-state index contributed by atoms with van der Waals surface area (Å²) in [5.41, 5.74) is -0.577. The average Bonchev–Trinajstić information content (AvgIpc) is 3.38. The highest BCUT2D eigenvalue weighted by Crippen LogP contribution is 2.49. The Kier molecular flexibility index (Phi) is 4.86. The lowest BCUT2D eigenvalue weighted by molar-refractivity contribution is -0.149. The van der Waals surface area contributed by atoms with Gasteiger partial charge in [-0.3, -0.25) is 14.5 Å². The topological polar surface area (TPSA) is 60.9 Å². The van der Waals surface area contributed by atoms with E-state index < -0.39 is 11.4 Å². The van der Waals surface area contributed by atoms with Gasteiger partial charge in [0.1, 0.15) is 0 Å². The largest absolute Gasteiger partial charge is 0.481 e. The van der Waals surface area contributed by atoms with E-state index in [1.54, 1.807) is 0 Å². The van der Waals surface area contributed by atoms with Crippen LogP contribution in [0, 0.1) is 17.3 Å². The number of carboxylic acids is 1. The number of nitrogens with zero attached hydrogens (tertiary/aromatic N) is 2. The minimum Gasteiger partial charge on any atom is -0.481 e. The smallest absolute Gasteiger partial charge is 0.311 e. The molecule has 1 heterocycles. The van der Waals surface area contributed by atoms with Crippen LogP contribution in [0.2, 0.25) is 0 Å². The van der Waals surface area contributed by atoms with Gasteiger partial charge in [-0.05, 0) is 57.3 Å². The number of carbonyl (C=O) groups excluding carboxylic acids is 1. The molecule has 4 rings (SSSR count). The van der Waals surface area contributed by atoms with E-state index in [0.717, 1.165) is 38.6 Å². The lowest BCUT2D eigenvalue weighted by Crippen LogP contribution is -2.47. The number of likely N-dealkylation sites (tertiary alicyclic amines) is 1. The highest BCUT2D eigenvalue weighted by atomic mass is 35.5. The number of carboxylic acid groups (broad SMARTS) is 1. The zero-order chi connectivity index (χ0) is 16.2. The highest BCUT2D eigenvalue weighted by Gasteiger charge is 2.55. The van der Waals surface area contributed by atoms with Gasteiger partial charge < -0.3 is 10.0 Å². The molecule has 5 nitrogen and oxygen atoms in total. The summed E-state index contributed by atoms with van der Waals surface area (Å²) < 4.78 is 0. The van der Waals surface area contributed by atoms with Gasteiger partial charge in [0, 0.05) is 25.2 Å². The van der Waals surface area contributed by atoms with Crippen LogP contribution >= 0.6 is 12.4 Å². The Labute approximate surface area is 150 Å². The standard InChI is InChI=1S/C18H28N2O3.ClH/c1-12(13-4-5-13)20(15-6-7-15)16(21)10-19-9-14-3-2-8-18(14,11-19)17(22)23;/h12-15H,2-11H2,1H3,(H,22,23);1H/t12?,14-,18+;/m0./s1. The molecule has 0 aromatic carbocycles. The molecule has 136 valence electrons. The summed E-state index contributed by atoms with van der Waals surface area (Å²) in [7, 11) is 0. The third-order valence-corrected chi connectivity index (χ3v) is 6.70.